The number of rotatable bonds is 9. The molecule has 0 aliphatic carbocycles. The number of esters is 1. The van der Waals surface area contributed by atoms with Crippen LogP contribution in [0.25, 0.3) is 0 Å². The van der Waals surface area contributed by atoms with Gasteiger partial charge in [-0.05, 0) is 19.1 Å². The van der Waals surface area contributed by atoms with Crippen molar-refractivity contribution >= 4 is 17.8 Å². The summed E-state index contributed by atoms with van der Waals surface area (Å²) in [5, 5.41) is 0. The maximum absolute atomic E-state index is 12.7. The van der Waals surface area contributed by atoms with E-state index < -0.39 is 11.9 Å². The van der Waals surface area contributed by atoms with Gasteiger partial charge in [-0.3, -0.25) is 14.4 Å². The molecule has 1 aliphatic rings. The van der Waals surface area contributed by atoms with Gasteiger partial charge in [-0.15, -0.1) is 0 Å². The van der Waals surface area contributed by atoms with E-state index in [4.69, 9.17) is 13.9 Å². The molecule has 1 aromatic rings. The van der Waals surface area contributed by atoms with Crippen molar-refractivity contribution in [1.82, 2.24) is 9.80 Å². The fourth-order valence-electron chi connectivity index (χ4n) is 2.77. The Morgan fingerprint density at radius 2 is 2.24 bits per heavy atom. The number of nitrogens with zero attached hydrogens (tertiary/aromatic N) is 2. The second-order valence-corrected chi connectivity index (χ2v) is 5.81. The first-order chi connectivity index (χ1) is 12.0. The van der Waals surface area contributed by atoms with Crippen molar-refractivity contribution in [3.8, 4) is 0 Å². The number of hydrogen-bond donors (Lipinski definition) is 0. The highest BCUT2D eigenvalue weighted by Crippen LogP contribution is 2.22. The van der Waals surface area contributed by atoms with E-state index in [0.29, 0.717) is 25.5 Å². The van der Waals surface area contributed by atoms with Gasteiger partial charge in [-0.2, -0.15) is 0 Å². The van der Waals surface area contributed by atoms with Crippen molar-refractivity contribution in [2.75, 3.05) is 40.0 Å². The summed E-state index contributed by atoms with van der Waals surface area (Å²) in [5.41, 5.74) is 0. The second kappa shape index (κ2) is 9.22. The number of ether oxygens (including phenoxy) is 2. The maximum Gasteiger partial charge on any atom is 0.325 e. The molecule has 25 heavy (non-hydrogen) atoms. The summed E-state index contributed by atoms with van der Waals surface area (Å²) < 4.78 is 15.2. The topological polar surface area (TPSA) is 89.3 Å². The highest BCUT2D eigenvalue weighted by atomic mass is 16.5. The van der Waals surface area contributed by atoms with Crippen LogP contribution >= 0.6 is 0 Å². The highest BCUT2D eigenvalue weighted by molar-refractivity contribution is 5.90. The summed E-state index contributed by atoms with van der Waals surface area (Å²) in [6, 6.07) is 3.54. The van der Waals surface area contributed by atoms with Crippen molar-refractivity contribution in [2.45, 2.75) is 19.9 Å². The molecule has 8 heteroatoms. The molecular weight excluding hydrogens is 328 g/mol. The Morgan fingerprint density at radius 1 is 1.44 bits per heavy atom. The lowest BCUT2D eigenvalue weighted by Gasteiger charge is -2.24. The van der Waals surface area contributed by atoms with Crippen molar-refractivity contribution in [3.63, 3.8) is 0 Å². The molecule has 2 rings (SSSR count). The van der Waals surface area contributed by atoms with Gasteiger partial charge in [0.05, 0.1) is 31.9 Å². The zero-order valence-electron chi connectivity index (χ0n) is 14.6. The number of hydrogen-bond acceptors (Lipinski definition) is 6. The minimum absolute atomic E-state index is 0.0995. The molecular formula is C17H24N2O6. The van der Waals surface area contributed by atoms with Gasteiger partial charge in [0, 0.05) is 26.6 Å². The third-order valence-corrected chi connectivity index (χ3v) is 3.99. The van der Waals surface area contributed by atoms with E-state index in [0.717, 1.165) is 0 Å². The molecule has 0 radical (unpaired) electrons. The molecule has 8 nitrogen and oxygen atoms in total. The lowest BCUT2D eigenvalue weighted by Crippen LogP contribution is -2.42. The van der Waals surface area contributed by atoms with Crippen LogP contribution in [0.2, 0.25) is 0 Å². The third kappa shape index (κ3) is 5.32. The summed E-state index contributed by atoms with van der Waals surface area (Å²) in [7, 11) is 1.53. The molecule has 138 valence electrons. The average molecular weight is 352 g/mol. The van der Waals surface area contributed by atoms with E-state index in [9.17, 15) is 14.4 Å². The van der Waals surface area contributed by atoms with Crippen LogP contribution in [-0.2, 0) is 30.4 Å². The predicted octanol–water partition coefficient (Wildman–Crippen LogP) is 0.666. The fraction of sp³-hybridized carbons (Fsp3) is 0.588. The highest BCUT2D eigenvalue weighted by Gasteiger charge is 2.37. The van der Waals surface area contributed by atoms with E-state index in [-0.39, 0.29) is 37.9 Å². The minimum atomic E-state index is -0.478. The Hall–Kier alpha value is -2.35. The number of likely N-dealkylation sites (tertiary alicyclic amines) is 1. The Labute approximate surface area is 146 Å². The van der Waals surface area contributed by atoms with Crippen LogP contribution in [0.15, 0.2) is 22.8 Å². The lowest BCUT2D eigenvalue weighted by molar-refractivity contribution is -0.150. The maximum atomic E-state index is 12.7. The van der Waals surface area contributed by atoms with E-state index in [1.807, 2.05) is 0 Å². The molecule has 0 bridgehead atoms. The summed E-state index contributed by atoms with van der Waals surface area (Å²) in [4.78, 5) is 39.6. The van der Waals surface area contributed by atoms with Crippen LogP contribution in [0.5, 0.6) is 0 Å². The first kappa shape index (κ1) is 19.0. The number of carbonyl (C=O) groups excluding carboxylic acids is 3. The van der Waals surface area contributed by atoms with Gasteiger partial charge in [0.15, 0.2) is 0 Å². The monoisotopic (exact) mass is 352 g/mol. The molecule has 0 aromatic carbocycles. The largest absolute Gasteiger partial charge is 0.467 e. The van der Waals surface area contributed by atoms with Gasteiger partial charge in [0.2, 0.25) is 11.8 Å². The smallest absolute Gasteiger partial charge is 0.325 e. The first-order valence-electron chi connectivity index (χ1n) is 8.28. The number of methoxy groups -OCH3 is 1. The second-order valence-electron chi connectivity index (χ2n) is 5.81. The van der Waals surface area contributed by atoms with Gasteiger partial charge in [0.25, 0.3) is 0 Å². The van der Waals surface area contributed by atoms with Crippen LogP contribution in [-0.4, -0.2) is 67.5 Å². The van der Waals surface area contributed by atoms with Gasteiger partial charge in [-0.25, -0.2) is 0 Å². The molecule has 2 heterocycles. The zero-order valence-corrected chi connectivity index (χ0v) is 14.6. The number of amides is 2. The van der Waals surface area contributed by atoms with E-state index in [1.165, 1.54) is 12.0 Å². The van der Waals surface area contributed by atoms with E-state index in [2.05, 4.69) is 0 Å². The Balaban J connectivity index is 1.97. The third-order valence-electron chi connectivity index (χ3n) is 3.99. The summed E-state index contributed by atoms with van der Waals surface area (Å²) in [6.07, 6.45) is 1.68. The molecule has 0 N–H and O–H groups in total. The molecule has 1 aliphatic heterocycles. The quantitative estimate of drug-likeness (QED) is 0.607. The standard InChI is InChI=1S/C17H24N2O6/c1-3-24-16(21)12-18(6-8-23-2)17(22)13-9-15(20)19(10-13)11-14-5-4-7-25-14/h4-5,7,13H,3,6,8-12H2,1-2H3. The predicted molar refractivity (Wildman–Crippen MR) is 87.3 cm³/mol. The normalized spacial score (nSPS) is 17.0. The van der Waals surface area contributed by atoms with Gasteiger partial charge < -0.3 is 23.7 Å². The average Bonchev–Trinajstić information content (AvgIpc) is 3.22. The van der Waals surface area contributed by atoms with Crippen LogP contribution in [0.3, 0.4) is 0 Å². The molecule has 1 saturated heterocycles. The van der Waals surface area contributed by atoms with Gasteiger partial charge >= 0.3 is 5.97 Å². The molecule has 1 aromatic heterocycles. The molecule has 0 spiro atoms. The van der Waals surface area contributed by atoms with Crippen LogP contribution in [0.4, 0.5) is 0 Å². The van der Waals surface area contributed by atoms with Crippen molar-refractivity contribution < 1.29 is 28.3 Å². The SMILES string of the molecule is CCOC(=O)CN(CCOC)C(=O)C1CC(=O)N(Cc2ccco2)C1. The summed E-state index contributed by atoms with van der Waals surface area (Å²) in [6.45, 7) is 3.05. The fourth-order valence-corrected chi connectivity index (χ4v) is 2.77. The molecule has 1 unspecified atom stereocenters. The summed E-state index contributed by atoms with van der Waals surface area (Å²) >= 11 is 0. The van der Waals surface area contributed by atoms with Gasteiger partial charge in [-0.1, -0.05) is 0 Å². The number of furan rings is 1. The Kier molecular flexibility index (Phi) is 7.00. The lowest BCUT2D eigenvalue weighted by atomic mass is 10.1. The molecule has 0 saturated carbocycles. The van der Waals surface area contributed by atoms with Crippen LogP contribution in [0, 0.1) is 5.92 Å². The minimum Gasteiger partial charge on any atom is -0.467 e. The van der Waals surface area contributed by atoms with E-state index >= 15 is 0 Å². The Morgan fingerprint density at radius 3 is 2.88 bits per heavy atom. The van der Waals surface area contributed by atoms with Crippen molar-refractivity contribution in [3.05, 3.63) is 24.2 Å². The first-order valence-corrected chi connectivity index (χ1v) is 8.28. The Bertz CT molecular complexity index is 586. The van der Waals surface area contributed by atoms with Crippen molar-refractivity contribution in [1.29, 1.82) is 0 Å². The summed E-state index contributed by atoms with van der Waals surface area (Å²) in [5.74, 6) is -0.611. The zero-order chi connectivity index (χ0) is 18.2. The van der Waals surface area contributed by atoms with Crippen molar-refractivity contribution in [2.24, 2.45) is 5.92 Å². The van der Waals surface area contributed by atoms with E-state index in [1.54, 1.807) is 30.2 Å². The van der Waals surface area contributed by atoms with Crippen LogP contribution in [0.1, 0.15) is 19.1 Å². The molecule has 2 amide bonds. The van der Waals surface area contributed by atoms with Crippen LogP contribution < -0.4 is 0 Å². The molecule has 1 fully saturated rings. The molecule has 1 atom stereocenters. The van der Waals surface area contributed by atoms with Gasteiger partial charge in [0.1, 0.15) is 12.3 Å². The number of carbonyl (C=O) groups is 3.